The number of aryl methyl sites for hydroxylation is 2. The summed E-state index contributed by atoms with van der Waals surface area (Å²) in [5, 5.41) is 4.89. The largest absolute Gasteiger partial charge is 0.497 e. The van der Waals surface area contributed by atoms with Crippen LogP contribution in [0.5, 0.6) is 11.5 Å². The number of hydrogen-bond acceptors (Lipinski definition) is 5. The van der Waals surface area contributed by atoms with E-state index in [9.17, 15) is 4.79 Å². The Hall–Kier alpha value is -3.03. The quantitative estimate of drug-likeness (QED) is 0.426. The van der Waals surface area contributed by atoms with E-state index in [0.29, 0.717) is 17.2 Å². The predicted molar refractivity (Wildman–Crippen MR) is 127 cm³/mol. The van der Waals surface area contributed by atoms with E-state index in [-0.39, 0.29) is 24.7 Å². The van der Waals surface area contributed by atoms with Gasteiger partial charge in [-0.1, -0.05) is 12.1 Å². The number of methoxy groups -OCH3 is 2. The second-order valence-corrected chi connectivity index (χ2v) is 7.97. The van der Waals surface area contributed by atoms with Crippen LogP contribution in [-0.4, -0.2) is 29.5 Å². The fourth-order valence-electron chi connectivity index (χ4n) is 3.25. The lowest BCUT2D eigenvalue weighted by Crippen LogP contribution is -2.15. The standard InChI is InChI=1S/C23H23N3O3S.ClH/c1-14-5-6-16(7-15(14)2)21-12-26-18(13-30-23(26)25-21)10-22(27)24-17-8-19(28-3)11-20(9-17)29-4;/h5-9,11-13H,10H2,1-4H3,(H,24,27);1H. The van der Waals surface area contributed by atoms with Crippen LogP contribution in [0.2, 0.25) is 0 Å². The normalized spacial score (nSPS) is 10.6. The summed E-state index contributed by atoms with van der Waals surface area (Å²) in [5.74, 6) is 1.12. The molecule has 162 valence electrons. The minimum atomic E-state index is -0.119. The van der Waals surface area contributed by atoms with Crippen LogP contribution in [0.15, 0.2) is 48.0 Å². The van der Waals surface area contributed by atoms with Crippen LogP contribution in [0.1, 0.15) is 16.8 Å². The Bertz CT molecular complexity index is 1210. The maximum absolute atomic E-state index is 12.7. The molecule has 0 spiro atoms. The van der Waals surface area contributed by atoms with Gasteiger partial charge in [-0.05, 0) is 31.0 Å². The zero-order chi connectivity index (χ0) is 21.3. The van der Waals surface area contributed by atoms with Crippen LogP contribution in [-0.2, 0) is 11.2 Å². The smallest absolute Gasteiger partial charge is 0.230 e. The highest BCUT2D eigenvalue weighted by Crippen LogP contribution is 2.27. The Morgan fingerprint density at radius 1 is 1.06 bits per heavy atom. The van der Waals surface area contributed by atoms with Crippen molar-refractivity contribution in [1.29, 1.82) is 0 Å². The van der Waals surface area contributed by atoms with Gasteiger partial charge < -0.3 is 14.8 Å². The number of carbonyl (C=O) groups excluding carboxylic acids is 1. The van der Waals surface area contributed by atoms with Crippen molar-refractivity contribution < 1.29 is 14.3 Å². The van der Waals surface area contributed by atoms with Gasteiger partial charge >= 0.3 is 0 Å². The molecule has 0 aliphatic heterocycles. The summed E-state index contributed by atoms with van der Waals surface area (Å²) in [6.07, 6.45) is 2.23. The summed E-state index contributed by atoms with van der Waals surface area (Å²) in [6.45, 7) is 4.19. The number of hydrogen-bond donors (Lipinski definition) is 1. The maximum atomic E-state index is 12.7. The molecule has 4 aromatic rings. The van der Waals surface area contributed by atoms with E-state index >= 15 is 0 Å². The third-order valence-corrected chi connectivity index (χ3v) is 5.95. The molecule has 0 fully saturated rings. The van der Waals surface area contributed by atoms with Crippen molar-refractivity contribution in [2.75, 3.05) is 19.5 Å². The van der Waals surface area contributed by atoms with Crippen molar-refractivity contribution in [3.63, 3.8) is 0 Å². The minimum Gasteiger partial charge on any atom is -0.497 e. The van der Waals surface area contributed by atoms with E-state index in [1.807, 2.05) is 16.0 Å². The van der Waals surface area contributed by atoms with Crippen LogP contribution < -0.4 is 14.8 Å². The first-order valence-corrected chi connectivity index (χ1v) is 10.4. The van der Waals surface area contributed by atoms with Gasteiger partial charge in [0.25, 0.3) is 0 Å². The molecule has 0 unspecified atom stereocenters. The topological polar surface area (TPSA) is 64.9 Å². The lowest BCUT2D eigenvalue weighted by Gasteiger charge is -2.09. The van der Waals surface area contributed by atoms with Crippen LogP contribution >= 0.6 is 23.7 Å². The molecular formula is C23H24ClN3O3S. The van der Waals surface area contributed by atoms with Crippen molar-refractivity contribution in [3.05, 3.63) is 64.8 Å². The number of nitrogens with zero attached hydrogens (tertiary/aromatic N) is 2. The van der Waals surface area contributed by atoms with E-state index in [4.69, 9.17) is 14.5 Å². The van der Waals surface area contributed by atoms with E-state index in [1.54, 1.807) is 32.4 Å². The van der Waals surface area contributed by atoms with E-state index < -0.39 is 0 Å². The Balaban J connectivity index is 0.00000272. The van der Waals surface area contributed by atoms with E-state index in [2.05, 4.69) is 37.4 Å². The summed E-state index contributed by atoms with van der Waals surface area (Å²) in [4.78, 5) is 18.3. The number of benzene rings is 2. The number of carbonyl (C=O) groups is 1. The molecule has 8 heteroatoms. The highest BCUT2D eigenvalue weighted by molar-refractivity contribution is 7.15. The van der Waals surface area contributed by atoms with Crippen molar-refractivity contribution in [2.24, 2.45) is 0 Å². The van der Waals surface area contributed by atoms with Gasteiger partial charge in [-0.25, -0.2) is 4.98 Å². The molecule has 2 aromatic heterocycles. The average molecular weight is 458 g/mol. The molecule has 1 amide bonds. The van der Waals surface area contributed by atoms with Gasteiger partial charge in [0.1, 0.15) is 11.5 Å². The molecule has 6 nitrogen and oxygen atoms in total. The summed E-state index contributed by atoms with van der Waals surface area (Å²) in [7, 11) is 3.16. The lowest BCUT2D eigenvalue weighted by atomic mass is 10.0. The first-order valence-electron chi connectivity index (χ1n) is 9.53. The molecule has 0 aliphatic carbocycles. The molecule has 0 radical (unpaired) electrons. The number of rotatable bonds is 6. The van der Waals surface area contributed by atoms with Crippen molar-refractivity contribution in [1.82, 2.24) is 9.38 Å². The zero-order valence-electron chi connectivity index (χ0n) is 17.8. The van der Waals surface area contributed by atoms with Crippen LogP contribution in [0.4, 0.5) is 5.69 Å². The number of aromatic nitrogens is 2. The zero-order valence-corrected chi connectivity index (χ0v) is 19.4. The van der Waals surface area contributed by atoms with Crippen molar-refractivity contribution in [2.45, 2.75) is 20.3 Å². The van der Waals surface area contributed by atoms with Gasteiger partial charge in [-0.15, -0.1) is 23.7 Å². The molecule has 2 aromatic carbocycles. The number of fused-ring (bicyclic) bond motifs is 1. The number of thiazole rings is 1. The van der Waals surface area contributed by atoms with Crippen molar-refractivity contribution >= 4 is 40.3 Å². The molecule has 1 N–H and O–H groups in total. The van der Waals surface area contributed by atoms with E-state index in [0.717, 1.165) is 21.9 Å². The molecule has 0 aliphatic rings. The maximum Gasteiger partial charge on any atom is 0.230 e. The fraction of sp³-hybridized carbons (Fsp3) is 0.217. The third kappa shape index (κ3) is 4.84. The number of ether oxygens (including phenoxy) is 2. The number of imidazole rings is 1. The minimum absolute atomic E-state index is 0. The summed E-state index contributed by atoms with van der Waals surface area (Å²) < 4.78 is 12.5. The summed E-state index contributed by atoms with van der Waals surface area (Å²) in [6, 6.07) is 11.6. The number of anilines is 1. The van der Waals surface area contributed by atoms with Gasteiger partial charge in [0, 0.05) is 46.7 Å². The van der Waals surface area contributed by atoms with E-state index in [1.165, 1.54) is 22.5 Å². The second-order valence-electron chi connectivity index (χ2n) is 7.13. The highest BCUT2D eigenvalue weighted by Gasteiger charge is 2.14. The average Bonchev–Trinajstić information content (AvgIpc) is 3.31. The Morgan fingerprint density at radius 3 is 2.42 bits per heavy atom. The van der Waals surface area contributed by atoms with Gasteiger partial charge in [0.05, 0.1) is 26.3 Å². The lowest BCUT2D eigenvalue weighted by molar-refractivity contribution is -0.115. The van der Waals surface area contributed by atoms with Gasteiger partial charge in [0.15, 0.2) is 4.96 Å². The summed E-state index contributed by atoms with van der Waals surface area (Å²) >= 11 is 1.53. The number of nitrogens with one attached hydrogen (secondary N) is 1. The van der Waals surface area contributed by atoms with Gasteiger partial charge in [0.2, 0.25) is 5.91 Å². The van der Waals surface area contributed by atoms with Crippen LogP contribution in [0.3, 0.4) is 0 Å². The second kappa shape index (κ2) is 9.41. The number of amides is 1. The molecule has 0 saturated heterocycles. The predicted octanol–water partition coefficient (Wildman–Crippen LogP) is 5.30. The molecule has 0 atom stereocenters. The highest BCUT2D eigenvalue weighted by atomic mass is 35.5. The van der Waals surface area contributed by atoms with Gasteiger partial charge in [-0.2, -0.15) is 0 Å². The molecule has 4 rings (SSSR count). The molecule has 0 bridgehead atoms. The van der Waals surface area contributed by atoms with Crippen LogP contribution in [0.25, 0.3) is 16.2 Å². The monoisotopic (exact) mass is 457 g/mol. The Kier molecular flexibility index (Phi) is 6.87. The van der Waals surface area contributed by atoms with Crippen molar-refractivity contribution in [3.8, 4) is 22.8 Å². The van der Waals surface area contributed by atoms with Gasteiger partial charge in [-0.3, -0.25) is 9.20 Å². The molecule has 2 heterocycles. The number of halogens is 1. The molecular weight excluding hydrogens is 434 g/mol. The first-order chi connectivity index (χ1) is 14.5. The Morgan fingerprint density at radius 2 is 1.77 bits per heavy atom. The third-order valence-electron chi connectivity index (χ3n) is 5.06. The molecule has 0 saturated carbocycles. The fourth-order valence-corrected chi connectivity index (χ4v) is 4.12. The Labute approximate surface area is 191 Å². The summed E-state index contributed by atoms with van der Waals surface area (Å²) in [5.41, 5.74) is 5.99. The molecule has 31 heavy (non-hydrogen) atoms. The SMILES string of the molecule is COc1cc(NC(=O)Cc2csc3nc(-c4ccc(C)c(C)c4)cn23)cc(OC)c1.Cl. The first kappa shape index (κ1) is 22.7. The van der Waals surface area contributed by atoms with Crippen LogP contribution in [0, 0.1) is 13.8 Å².